The number of carbonyl (C=O) groups is 1. The van der Waals surface area contributed by atoms with Crippen LogP contribution in [0, 0.1) is 23.2 Å². The molecular weight excluding hydrogens is 483 g/mol. The molecule has 1 aliphatic rings. The molecule has 2 aromatic heterocycles. The molecule has 0 radical (unpaired) electrons. The van der Waals surface area contributed by atoms with Gasteiger partial charge in [0.1, 0.15) is 11.6 Å². The van der Waals surface area contributed by atoms with E-state index in [4.69, 9.17) is 11.6 Å². The molecule has 3 rings (SSSR count). The van der Waals surface area contributed by atoms with Crippen molar-refractivity contribution in [3.05, 3.63) is 51.7 Å². The van der Waals surface area contributed by atoms with Crippen LogP contribution in [0.15, 0.2) is 35.5 Å². The van der Waals surface area contributed by atoms with E-state index in [1.807, 2.05) is 5.32 Å². The largest absolute Gasteiger partial charge is 0.412 e. The Kier molecular flexibility index (Phi) is 7.83. The molecule has 0 bridgehead atoms. The van der Waals surface area contributed by atoms with Gasteiger partial charge in [0.2, 0.25) is 5.91 Å². The molecule has 0 saturated heterocycles. The third-order valence-electron chi connectivity index (χ3n) is 7.77. The fourth-order valence-electron chi connectivity index (χ4n) is 4.70. The average molecular weight is 514 g/mol. The lowest BCUT2D eigenvalue weighted by Crippen LogP contribution is -2.48. The number of hydrogen-bond donors (Lipinski definition) is 2. The zero-order chi connectivity index (χ0) is 26.1. The molecule has 192 valence electrons. The Hall–Kier alpha value is -2.62. The van der Waals surface area contributed by atoms with E-state index < -0.39 is 30.2 Å². The number of anilines is 1. The van der Waals surface area contributed by atoms with Gasteiger partial charge in [0, 0.05) is 18.4 Å². The topological polar surface area (TPSA) is 88.9 Å². The maximum atomic E-state index is 13.5. The minimum absolute atomic E-state index is 0.0683. The quantitative estimate of drug-likeness (QED) is 0.577. The molecular formula is C24H31ClF3N5O2. The summed E-state index contributed by atoms with van der Waals surface area (Å²) < 4.78 is 41.3. The van der Waals surface area contributed by atoms with E-state index in [1.165, 1.54) is 18.6 Å². The Morgan fingerprint density at radius 3 is 2.49 bits per heavy atom. The summed E-state index contributed by atoms with van der Waals surface area (Å²) in [7, 11) is 0. The van der Waals surface area contributed by atoms with E-state index in [9.17, 15) is 22.8 Å². The van der Waals surface area contributed by atoms with Crippen LogP contribution in [-0.2, 0) is 11.3 Å². The van der Waals surface area contributed by atoms with Crippen LogP contribution in [0.2, 0.25) is 5.02 Å². The molecule has 35 heavy (non-hydrogen) atoms. The van der Waals surface area contributed by atoms with Crippen molar-refractivity contribution in [1.29, 1.82) is 0 Å². The summed E-state index contributed by atoms with van der Waals surface area (Å²) >= 11 is 6.30. The maximum Gasteiger partial charge on any atom is 0.412 e. The second-order valence-corrected chi connectivity index (χ2v) is 10.4. The lowest BCUT2D eigenvalue weighted by atomic mass is 9.58. The van der Waals surface area contributed by atoms with Gasteiger partial charge in [0.05, 0.1) is 11.9 Å². The van der Waals surface area contributed by atoms with Gasteiger partial charge in [-0.1, -0.05) is 46.2 Å². The van der Waals surface area contributed by atoms with Crippen LogP contribution < -0.4 is 16.2 Å². The fourth-order valence-corrected chi connectivity index (χ4v) is 4.90. The lowest BCUT2D eigenvalue weighted by Gasteiger charge is -2.50. The van der Waals surface area contributed by atoms with Gasteiger partial charge in [-0.15, -0.1) is 0 Å². The number of hydrogen-bond acceptors (Lipinski definition) is 5. The van der Waals surface area contributed by atoms with Gasteiger partial charge in [0.15, 0.2) is 6.04 Å². The van der Waals surface area contributed by atoms with Crippen molar-refractivity contribution in [2.45, 2.75) is 65.8 Å². The molecule has 0 aliphatic heterocycles. The summed E-state index contributed by atoms with van der Waals surface area (Å²) in [6.07, 6.45) is -0.113. The first-order valence-electron chi connectivity index (χ1n) is 11.5. The smallest absolute Gasteiger partial charge is 0.379 e. The fraction of sp³-hybridized carbons (Fsp3) is 0.583. The standard InChI is InChI=1S/C24H31ClF3N5O2/c1-13-10-17(14(2)15(3)23(13,4)5)31-18-11-30-33(22(35)20(18)25)12-19(34)32-21(24(26,27)28)16-6-8-29-9-7-16/h6-9,11,13-15,17,21,31H,10,12H2,1-5H3,(H,32,34)/t13-,14+,15+,17+,21?/m0/s1. The molecule has 2 aromatic rings. The molecule has 5 atom stereocenters. The van der Waals surface area contributed by atoms with Gasteiger partial charge >= 0.3 is 6.18 Å². The number of aromatic nitrogens is 3. The van der Waals surface area contributed by atoms with Gasteiger partial charge < -0.3 is 10.6 Å². The van der Waals surface area contributed by atoms with E-state index in [0.29, 0.717) is 23.4 Å². The average Bonchev–Trinajstić information content (AvgIpc) is 2.79. The summed E-state index contributed by atoms with van der Waals surface area (Å²) in [6, 6.07) is 0.148. The number of amides is 1. The Morgan fingerprint density at radius 2 is 1.89 bits per heavy atom. The van der Waals surface area contributed by atoms with Crippen LogP contribution >= 0.6 is 11.6 Å². The van der Waals surface area contributed by atoms with Gasteiger partial charge in [-0.05, 0) is 47.3 Å². The van der Waals surface area contributed by atoms with Gasteiger partial charge in [-0.2, -0.15) is 18.3 Å². The molecule has 1 amide bonds. The number of halogens is 4. The summed E-state index contributed by atoms with van der Waals surface area (Å²) in [5.41, 5.74) is -0.425. The summed E-state index contributed by atoms with van der Waals surface area (Å²) in [5.74, 6) is 0.129. The van der Waals surface area contributed by atoms with Crippen LogP contribution in [0.25, 0.3) is 0 Å². The first-order valence-corrected chi connectivity index (χ1v) is 11.9. The SMILES string of the molecule is C[C@@H]1[C@@H](C)C(C)(C)[C@@H](C)C[C@H]1Nc1cnn(CC(=O)NC(c2ccncc2)C(F)(F)F)c(=O)c1Cl. The van der Waals surface area contributed by atoms with Crippen molar-refractivity contribution in [3.63, 3.8) is 0 Å². The highest BCUT2D eigenvalue weighted by Gasteiger charge is 2.44. The normalized spacial score (nSPS) is 25.1. The molecule has 7 nitrogen and oxygen atoms in total. The number of alkyl halides is 3. The predicted molar refractivity (Wildman–Crippen MR) is 128 cm³/mol. The Morgan fingerprint density at radius 1 is 1.26 bits per heavy atom. The zero-order valence-corrected chi connectivity index (χ0v) is 21.1. The third-order valence-corrected chi connectivity index (χ3v) is 8.13. The highest BCUT2D eigenvalue weighted by Crippen LogP contribution is 2.48. The summed E-state index contributed by atoms with van der Waals surface area (Å²) in [5, 5.41) is 9.07. The van der Waals surface area contributed by atoms with Crippen molar-refractivity contribution < 1.29 is 18.0 Å². The molecule has 1 saturated carbocycles. The highest BCUT2D eigenvalue weighted by atomic mass is 35.5. The lowest BCUT2D eigenvalue weighted by molar-refractivity contribution is -0.163. The van der Waals surface area contributed by atoms with Gasteiger partial charge in [-0.25, -0.2) is 4.68 Å². The first-order chi connectivity index (χ1) is 16.2. The number of carbonyl (C=O) groups excluding carboxylic acids is 1. The third kappa shape index (κ3) is 5.79. The van der Waals surface area contributed by atoms with Crippen LogP contribution in [0.1, 0.15) is 52.6 Å². The first kappa shape index (κ1) is 27.0. The van der Waals surface area contributed by atoms with Crippen molar-refractivity contribution in [2.24, 2.45) is 23.2 Å². The molecule has 1 fully saturated rings. The van der Waals surface area contributed by atoms with E-state index in [-0.39, 0.29) is 22.0 Å². The van der Waals surface area contributed by atoms with E-state index in [1.54, 1.807) is 0 Å². The van der Waals surface area contributed by atoms with Crippen molar-refractivity contribution in [2.75, 3.05) is 5.32 Å². The zero-order valence-electron chi connectivity index (χ0n) is 20.4. The number of pyridine rings is 1. The molecule has 0 aromatic carbocycles. The highest BCUT2D eigenvalue weighted by molar-refractivity contribution is 6.32. The van der Waals surface area contributed by atoms with Crippen molar-refractivity contribution in [1.82, 2.24) is 20.1 Å². The summed E-state index contributed by atoms with van der Waals surface area (Å²) in [6.45, 7) is 10.4. The molecule has 1 unspecified atom stereocenters. The van der Waals surface area contributed by atoms with Crippen LogP contribution in [0.5, 0.6) is 0 Å². The van der Waals surface area contributed by atoms with Crippen LogP contribution in [0.3, 0.4) is 0 Å². The van der Waals surface area contributed by atoms with Gasteiger partial charge in [-0.3, -0.25) is 14.6 Å². The molecule has 1 aliphatic carbocycles. The Labute approximate surface area is 207 Å². The Balaban J connectivity index is 1.74. The summed E-state index contributed by atoms with van der Waals surface area (Å²) in [4.78, 5) is 28.8. The molecule has 0 spiro atoms. The number of nitrogens with zero attached hydrogens (tertiary/aromatic N) is 3. The van der Waals surface area contributed by atoms with Crippen LogP contribution in [0.4, 0.5) is 18.9 Å². The Bertz CT molecular complexity index is 1110. The second kappa shape index (κ2) is 10.2. The number of rotatable bonds is 6. The molecule has 2 N–H and O–H groups in total. The monoisotopic (exact) mass is 513 g/mol. The van der Waals surface area contributed by atoms with E-state index in [0.717, 1.165) is 23.2 Å². The van der Waals surface area contributed by atoms with E-state index >= 15 is 0 Å². The predicted octanol–water partition coefficient (Wildman–Crippen LogP) is 4.83. The second-order valence-electron chi connectivity index (χ2n) is 10.0. The van der Waals surface area contributed by atoms with Crippen LogP contribution in [-0.4, -0.2) is 32.9 Å². The number of nitrogens with one attached hydrogen (secondary N) is 2. The molecule has 2 heterocycles. The van der Waals surface area contributed by atoms with Gasteiger partial charge in [0.25, 0.3) is 5.56 Å². The van der Waals surface area contributed by atoms with Crippen molar-refractivity contribution in [3.8, 4) is 0 Å². The molecule has 11 heteroatoms. The van der Waals surface area contributed by atoms with E-state index in [2.05, 4.69) is 50.0 Å². The minimum Gasteiger partial charge on any atom is -0.379 e. The minimum atomic E-state index is -4.74. The van der Waals surface area contributed by atoms with Crippen molar-refractivity contribution >= 4 is 23.2 Å². The maximum absolute atomic E-state index is 13.5.